The first-order valence-corrected chi connectivity index (χ1v) is 11.0. The molecule has 1 saturated heterocycles. The molecule has 0 aromatic rings. The van der Waals surface area contributed by atoms with Gasteiger partial charge in [0.1, 0.15) is 59.6 Å². The minimum atomic E-state index is -2.51. The van der Waals surface area contributed by atoms with E-state index in [1.165, 1.54) is 23.0 Å². The fourth-order valence-corrected chi connectivity index (χ4v) is 3.09. The Hall–Kier alpha value is -1.07. The monoisotopic (exact) mass is 630 g/mol. The maximum atomic E-state index is 10.4. The molecule has 17 heteroatoms. The zero-order valence-corrected chi connectivity index (χ0v) is 20.3. The molecule has 206 valence electrons. The van der Waals surface area contributed by atoms with Gasteiger partial charge in [-0.1, -0.05) is 0 Å². The molecule has 35 heavy (non-hydrogen) atoms. The van der Waals surface area contributed by atoms with E-state index >= 15 is 0 Å². The largest absolute Gasteiger partial charge is 0.506 e. The van der Waals surface area contributed by atoms with Gasteiger partial charge in [0.2, 0.25) is 18.3 Å². The van der Waals surface area contributed by atoms with E-state index < -0.39 is 111 Å². The summed E-state index contributed by atoms with van der Waals surface area (Å²) in [6.45, 7) is -2.08. The van der Waals surface area contributed by atoms with Gasteiger partial charge < -0.3 is 75.5 Å². The van der Waals surface area contributed by atoms with Crippen molar-refractivity contribution < 1.29 is 78.6 Å². The van der Waals surface area contributed by atoms with E-state index in [0.29, 0.717) is 0 Å². The second-order valence-corrected chi connectivity index (χ2v) is 7.79. The summed E-state index contributed by atoms with van der Waals surface area (Å²) < 4.78 is 20.1. The average molecular weight is 630 g/mol. The highest BCUT2D eigenvalue weighted by molar-refractivity contribution is 14.1. The van der Waals surface area contributed by atoms with Crippen molar-refractivity contribution in [3.05, 3.63) is 23.0 Å². The van der Waals surface area contributed by atoms with Crippen LogP contribution in [0.5, 0.6) is 0 Å². The van der Waals surface area contributed by atoms with Crippen LogP contribution in [0.15, 0.2) is 23.0 Å². The van der Waals surface area contributed by atoms with Gasteiger partial charge in [0, 0.05) is 26.1 Å². The van der Waals surface area contributed by atoms with E-state index in [1.54, 1.807) is 0 Å². The third-order valence-corrected chi connectivity index (χ3v) is 5.28. The smallest absolute Gasteiger partial charge is 0.259 e. The Bertz CT molecular complexity index is 702. The minimum Gasteiger partial charge on any atom is -0.506 e. The Morgan fingerprint density at radius 1 is 0.771 bits per heavy atom. The van der Waals surface area contributed by atoms with Crippen molar-refractivity contribution in [3.8, 4) is 0 Å². The third-order valence-electron chi connectivity index (χ3n) is 4.80. The Balaban J connectivity index is 3.43. The number of aliphatic hydroxyl groups is 12. The molecular weight excluding hydrogens is 599 g/mol. The Morgan fingerprint density at radius 3 is 1.86 bits per heavy atom. The van der Waals surface area contributed by atoms with Gasteiger partial charge >= 0.3 is 0 Å². The maximum Gasteiger partial charge on any atom is 0.259 e. The molecule has 12 N–H and O–H groups in total. The van der Waals surface area contributed by atoms with Gasteiger partial charge in [-0.05, 0) is 0 Å². The Morgan fingerprint density at radius 2 is 1.34 bits per heavy atom. The number of aliphatic hydroxyl groups excluding tert-OH is 12. The molecule has 0 saturated carbocycles. The highest BCUT2D eigenvalue weighted by atomic mass is 127. The second-order valence-electron chi connectivity index (χ2n) is 7.28. The predicted octanol–water partition coefficient (Wildman–Crippen LogP) is -4.15. The number of hydrogen-bond donors (Lipinski definition) is 12. The van der Waals surface area contributed by atoms with Crippen LogP contribution in [0.1, 0.15) is 12.8 Å². The first-order chi connectivity index (χ1) is 16.4. The maximum absolute atomic E-state index is 10.4. The summed E-state index contributed by atoms with van der Waals surface area (Å²) >= 11 is 1.20. The van der Waals surface area contributed by atoms with Crippen molar-refractivity contribution in [3.63, 3.8) is 0 Å². The fraction of sp³-hybridized carbons (Fsp3) is 0.778. The highest BCUT2D eigenvalue weighted by Gasteiger charge is 2.46. The van der Waals surface area contributed by atoms with Gasteiger partial charge in [-0.15, -0.1) is 0 Å². The van der Waals surface area contributed by atoms with Crippen LogP contribution < -0.4 is 0 Å². The van der Waals surface area contributed by atoms with Crippen molar-refractivity contribution in [2.75, 3.05) is 19.8 Å². The van der Waals surface area contributed by atoms with E-state index in [2.05, 4.69) is 3.07 Å². The summed E-state index contributed by atoms with van der Waals surface area (Å²) in [6, 6.07) is 0. The second kappa shape index (κ2) is 15.2. The molecule has 0 bridgehead atoms. The quantitative estimate of drug-likeness (QED) is 0.0493. The van der Waals surface area contributed by atoms with Gasteiger partial charge in [0.05, 0.1) is 6.61 Å². The van der Waals surface area contributed by atoms with Crippen LogP contribution in [-0.2, 0) is 17.3 Å². The van der Waals surface area contributed by atoms with E-state index in [0.717, 1.165) is 0 Å². The Labute approximate surface area is 212 Å². The van der Waals surface area contributed by atoms with E-state index in [-0.39, 0.29) is 0 Å². The summed E-state index contributed by atoms with van der Waals surface area (Å²) in [4.78, 5) is 0. The molecule has 0 amide bonds. The van der Waals surface area contributed by atoms with Crippen LogP contribution in [0.4, 0.5) is 0 Å². The summed E-state index contributed by atoms with van der Waals surface area (Å²) in [6.07, 6.45) is -18.2. The van der Waals surface area contributed by atoms with Gasteiger partial charge in [-0.25, -0.2) is 0 Å². The molecule has 0 spiro atoms. The minimum absolute atomic E-state index is 0.425. The third kappa shape index (κ3) is 8.49. The lowest BCUT2D eigenvalue weighted by molar-refractivity contribution is -0.297. The molecule has 16 nitrogen and oxygen atoms in total. The summed E-state index contributed by atoms with van der Waals surface area (Å²) in [5.41, 5.74) is 0. The Kier molecular flexibility index (Phi) is 13.9. The zero-order chi connectivity index (χ0) is 26.9. The van der Waals surface area contributed by atoms with Gasteiger partial charge in [-0.2, -0.15) is 0 Å². The number of hydrogen-bond acceptors (Lipinski definition) is 16. The van der Waals surface area contributed by atoms with Crippen LogP contribution in [0.25, 0.3) is 0 Å². The lowest BCUT2D eigenvalue weighted by Gasteiger charge is -2.40. The average Bonchev–Trinajstić information content (AvgIpc) is 2.84. The molecule has 9 atom stereocenters. The van der Waals surface area contributed by atoms with Crippen LogP contribution in [0.2, 0.25) is 0 Å². The molecule has 1 rings (SSSR count). The summed E-state index contributed by atoms with van der Waals surface area (Å²) in [5.74, 6) is -4.36. The van der Waals surface area contributed by atoms with Gasteiger partial charge in [0.25, 0.3) is 6.29 Å². The molecule has 1 fully saturated rings. The molecule has 0 aromatic carbocycles. The lowest BCUT2D eigenvalue weighted by atomic mass is 9.99. The standard InChI is InChI=1S/C18H31IO16/c19-35-17(31)15(34-18-13(29)11(27)10(26)8(5-22)32-18)14(7(24)2-4-21)33-16(30)12(28)9(25)6(23)1-3-20/h6-8,10-11,13,16-18,20-31H,1-5H2/b12-9-,15-14+. The van der Waals surface area contributed by atoms with Crippen molar-refractivity contribution in [2.45, 2.75) is 68.3 Å². The van der Waals surface area contributed by atoms with Crippen LogP contribution in [0.3, 0.4) is 0 Å². The fourth-order valence-electron chi connectivity index (χ4n) is 2.85. The van der Waals surface area contributed by atoms with Crippen LogP contribution in [0, 0.1) is 0 Å². The van der Waals surface area contributed by atoms with Crippen LogP contribution >= 0.6 is 23.0 Å². The van der Waals surface area contributed by atoms with E-state index in [1.807, 2.05) is 0 Å². The highest BCUT2D eigenvalue weighted by Crippen LogP contribution is 2.29. The lowest BCUT2D eigenvalue weighted by Crippen LogP contribution is -2.59. The number of halogens is 1. The predicted molar refractivity (Wildman–Crippen MR) is 118 cm³/mol. The molecule has 1 aliphatic heterocycles. The van der Waals surface area contributed by atoms with Crippen molar-refractivity contribution in [1.29, 1.82) is 0 Å². The summed E-state index contributed by atoms with van der Waals surface area (Å²) in [7, 11) is 0. The molecule has 0 aliphatic carbocycles. The molecule has 1 aliphatic rings. The number of ether oxygens (including phenoxy) is 3. The normalized spacial score (nSPS) is 30.0. The molecular formula is C18H31IO16. The van der Waals surface area contributed by atoms with E-state index in [4.69, 9.17) is 19.3 Å². The van der Waals surface area contributed by atoms with Crippen LogP contribution in [-0.4, -0.2) is 137 Å². The molecule has 1 heterocycles. The topological polar surface area (TPSA) is 280 Å². The van der Waals surface area contributed by atoms with Crippen molar-refractivity contribution >= 4 is 23.0 Å². The van der Waals surface area contributed by atoms with Crippen molar-refractivity contribution in [2.24, 2.45) is 0 Å². The number of rotatable bonds is 14. The first kappa shape index (κ1) is 32.0. The molecule has 0 aromatic heterocycles. The first-order valence-electron chi connectivity index (χ1n) is 10.2. The summed E-state index contributed by atoms with van der Waals surface area (Å²) in [5, 5.41) is 118. The molecule has 9 unspecified atom stereocenters. The zero-order valence-electron chi connectivity index (χ0n) is 18.1. The van der Waals surface area contributed by atoms with Gasteiger partial charge in [-0.3, -0.25) is 3.07 Å². The molecule has 0 radical (unpaired) electrons. The van der Waals surface area contributed by atoms with Gasteiger partial charge in [0.15, 0.2) is 17.3 Å². The van der Waals surface area contributed by atoms with Crippen molar-refractivity contribution in [1.82, 2.24) is 0 Å². The van der Waals surface area contributed by atoms with E-state index in [9.17, 15) is 56.2 Å². The SMILES string of the molecule is OCCC(O)/C(O)=C(/O)C(O)O/C(=C(/OC1OC(CO)C(O)C(O)C1O)C(O)OI)C(O)CCO.